The van der Waals surface area contributed by atoms with Crippen LogP contribution in [-0.4, -0.2) is 106 Å². The summed E-state index contributed by atoms with van der Waals surface area (Å²) in [5.41, 5.74) is 0.823. The number of amides is 1. The summed E-state index contributed by atoms with van der Waals surface area (Å²) in [6.07, 6.45) is -1.46. The van der Waals surface area contributed by atoms with Crippen LogP contribution in [0.25, 0.3) is 22.6 Å². The number of rotatable bonds is 5. The van der Waals surface area contributed by atoms with Gasteiger partial charge in [-0.05, 0) is 0 Å². The van der Waals surface area contributed by atoms with Crippen molar-refractivity contribution in [2.45, 2.75) is 19.6 Å². The summed E-state index contributed by atoms with van der Waals surface area (Å²) < 4.78 is 48.0. The molecule has 5 heterocycles. The fraction of sp³-hybridized carbons (Fsp3) is 0.545. The van der Waals surface area contributed by atoms with Gasteiger partial charge in [-0.25, -0.2) is 24.9 Å². The van der Waals surface area contributed by atoms with E-state index in [2.05, 4.69) is 25.3 Å². The summed E-state index contributed by atoms with van der Waals surface area (Å²) in [6.45, 7) is 3.67. The number of nitrogens with one attached hydrogen (secondary N) is 1. The van der Waals surface area contributed by atoms with E-state index in [4.69, 9.17) is 9.72 Å². The molecule has 2 fully saturated rings. The Hall–Kier alpha value is -3.75. The van der Waals surface area contributed by atoms with Crippen LogP contribution < -0.4 is 15.1 Å². The molecule has 0 radical (unpaired) electrons. The number of anilines is 3. The lowest BCUT2D eigenvalue weighted by Gasteiger charge is -2.35. The summed E-state index contributed by atoms with van der Waals surface area (Å²) in [4.78, 5) is 39.4. The predicted molar refractivity (Wildman–Crippen MR) is 129 cm³/mol. The van der Waals surface area contributed by atoms with Gasteiger partial charge in [-0.1, -0.05) is 0 Å². The molecule has 0 aromatic carbocycles. The normalized spacial score (nSPS) is 16.9. The highest BCUT2D eigenvalue weighted by molar-refractivity contribution is 5.88. The van der Waals surface area contributed by atoms with Crippen LogP contribution in [0.4, 0.5) is 30.9 Å². The van der Waals surface area contributed by atoms with Crippen LogP contribution in [0.3, 0.4) is 0 Å². The van der Waals surface area contributed by atoms with Gasteiger partial charge in [0.1, 0.15) is 6.54 Å². The second-order valence-corrected chi connectivity index (χ2v) is 8.79. The molecular formula is C22H27F3N10O2. The second kappa shape index (κ2) is 9.95. The maximum Gasteiger partial charge on any atom is 0.406 e. The van der Waals surface area contributed by atoms with E-state index in [-0.39, 0.29) is 28.8 Å². The van der Waals surface area contributed by atoms with Gasteiger partial charge in [0.05, 0.1) is 18.8 Å². The number of fused-ring (bicyclic) bond motifs is 1. The van der Waals surface area contributed by atoms with Crippen LogP contribution in [0.15, 0.2) is 12.4 Å². The molecule has 1 N–H and O–H groups in total. The predicted octanol–water partition coefficient (Wildman–Crippen LogP) is 1.39. The lowest BCUT2D eigenvalue weighted by Crippen LogP contribution is -2.49. The molecule has 3 aromatic heterocycles. The van der Waals surface area contributed by atoms with Gasteiger partial charge in [-0.15, -0.1) is 0 Å². The highest BCUT2D eigenvalue weighted by Gasteiger charge is 2.34. The SMILES string of the molecule is CNc1ncc(-c2nc(N3CCOCC3)c3nc(N4CCN(C(C)=O)CC4)n(CC(F)(F)F)c3n2)cn1. The molecule has 0 unspecified atom stereocenters. The number of carbonyl (C=O) groups excluding carboxylic acids is 1. The highest BCUT2D eigenvalue weighted by atomic mass is 19.4. The standard InChI is InChI=1S/C22H27F3N10O2/c1-14(36)32-3-5-34(6-4-32)21-29-16-18(33-7-9-37-10-8-33)30-17(15-11-27-20(26-2)28-12-15)31-19(16)35(21)13-22(23,24)25/h11-12H,3-10,13H2,1-2H3,(H,26,27,28). The van der Waals surface area contributed by atoms with Gasteiger partial charge in [0, 0.05) is 65.6 Å². The fourth-order valence-corrected chi connectivity index (χ4v) is 4.46. The Kier molecular flexibility index (Phi) is 6.70. The van der Waals surface area contributed by atoms with Gasteiger partial charge in [0.2, 0.25) is 17.8 Å². The first-order valence-electron chi connectivity index (χ1n) is 11.9. The monoisotopic (exact) mass is 520 g/mol. The molecule has 3 aromatic rings. The van der Waals surface area contributed by atoms with Gasteiger partial charge >= 0.3 is 6.18 Å². The Labute approximate surface area is 210 Å². The summed E-state index contributed by atoms with van der Waals surface area (Å²) >= 11 is 0. The Bertz CT molecular complexity index is 1270. The minimum atomic E-state index is -4.51. The first kappa shape index (κ1) is 24.9. The molecule has 2 saturated heterocycles. The van der Waals surface area contributed by atoms with E-state index in [0.717, 1.165) is 4.57 Å². The molecule has 0 atom stereocenters. The number of ether oxygens (including phenoxy) is 1. The van der Waals surface area contributed by atoms with Crippen molar-refractivity contribution in [1.82, 2.24) is 34.4 Å². The number of carbonyl (C=O) groups is 1. The van der Waals surface area contributed by atoms with E-state index in [9.17, 15) is 18.0 Å². The Morgan fingerprint density at radius 1 is 1.00 bits per heavy atom. The number of imidazole rings is 1. The number of hydrogen-bond acceptors (Lipinski definition) is 10. The van der Waals surface area contributed by atoms with Crippen molar-refractivity contribution in [2.24, 2.45) is 0 Å². The molecular weight excluding hydrogens is 493 g/mol. The second-order valence-electron chi connectivity index (χ2n) is 8.79. The average Bonchev–Trinajstić information content (AvgIpc) is 3.25. The third-order valence-electron chi connectivity index (χ3n) is 6.35. The summed E-state index contributed by atoms with van der Waals surface area (Å²) in [5.74, 6) is 1.11. The van der Waals surface area contributed by atoms with Crippen molar-refractivity contribution in [2.75, 3.05) is 74.6 Å². The summed E-state index contributed by atoms with van der Waals surface area (Å²) in [6, 6.07) is 0. The molecule has 1 amide bonds. The van der Waals surface area contributed by atoms with E-state index >= 15 is 0 Å². The number of hydrogen-bond donors (Lipinski definition) is 1. The number of alkyl halides is 3. The number of piperazine rings is 1. The zero-order valence-corrected chi connectivity index (χ0v) is 20.5. The molecule has 2 aliphatic rings. The van der Waals surface area contributed by atoms with E-state index < -0.39 is 12.7 Å². The van der Waals surface area contributed by atoms with Crippen molar-refractivity contribution in [1.29, 1.82) is 0 Å². The number of nitrogens with zero attached hydrogens (tertiary/aromatic N) is 9. The van der Waals surface area contributed by atoms with Gasteiger partial charge < -0.3 is 24.8 Å². The molecule has 0 saturated carbocycles. The Morgan fingerprint density at radius 2 is 1.68 bits per heavy atom. The largest absolute Gasteiger partial charge is 0.406 e. The molecule has 0 bridgehead atoms. The first-order chi connectivity index (χ1) is 17.7. The van der Waals surface area contributed by atoms with Gasteiger partial charge in [0.25, 0.3) is 0 Å². The third-order valence-corrected chi connectivity index (χ3v) is 6.35. The van der Waals surface area contributed by atoms with Crippen molar-refractivity contribution < 1.29 is 22.7 Å². The summed E-state index contributed by atoms with van der Waals surface area (Å²) in [7, 11) is 1.68. The van der Waals surface area contributed by atoms with Crippen LogP contribution in [0.1, 0.15) is 6.92 Å². The van der Waals surface area contributed by atoms with E-state index in [1.807, 2.05) is 4.90 Å². The first-order valence-corrected chi connectivity index (χ1v) is 11.9. The fourth-order valence-electron chi connectivity index (χ4n) is 4.46. The molecule has 37 heavy (non-hydrogen) atoms. The van der Waals surface area contributed by atoms with Crippen molar-refractivity contribution >= 4 is 34.8 Å². The van der Waals surface area contributed by atoms with E-state index in [0.29, 0.717) is 69.8 Å². The minimum absolute atomic E-state index is 0.0694. The molecule has 2 aliphatic heterocycles. The van der Waals surface area contributed by atoms with Gasteiger partial charge in [0.15, 0.2) is 22.8 Å². The Morgan fingerprint density at radius 3 is 2.27 bits per heavy atom. The quantitative estimate of drug-likeness (QED) is 0.529. The molecule has 15 heteroatoms. The van der Waals surface area contributed by atoms with Crippen molar-refractivity contribution in [3.8, 4) is 11.4 Å². The van der Waals surface area contributed by atoms with Crippen LogP contribution in [0.5, 0.6) is 0 Å². The van der Waals surface area contributed by atoms with Gasteiger partial charge in [-0.3, -0.25) is 9.36 Å². The number of morpholine rings is 1. The number of halogens is 3. The van der Waals surface area contributed by atoms with Crippen LogP contribution in [0.2, 0.25) is 0 Å². The average molecular weight is 521 g/mol. The highest BCUT2D eigenvalue weighted by Crippen LogP contribution is 2.33. The molecule has 12 nitrogen and oxygen atoms in total. The Balaban J connectivity index is 1.66. The number of aromatic nitrogens is 6. The molecule has 5 rings (SSSR count). The molecule has 0 spiro atoms. The lowest BCUT2D eigenvalue weighted by atomic mass is 10.3. The smallest absolute Gasteiger partial charge is 0.378 e. The maximum atomic E-state index is 13.8. The lowest BCUT2D eigenvalue weighted by molar-refractivity contribution is -0.139. The molecule has 198 valence electrons. The zero-order valence-electron chi connectivity index (χ0n) is 20.5. The minimum Gasteiger partial charge on any atom is -0.378 e. The topological polar surface area (TPSA) is 117 Å². The van der Waals surface area contributed by atoms with Crippen molar-refractivity contribution in [3.05, 3.63) is 12.4 Å². The molecule has 0 aliphatic carbocycles. The van der Waals surface area contributed by atoms with Crippen LogP contribution >= 0.6 is 0 Å². The maximum absolute atomic E-state index is 13.8. The van der Waals surface area contributed by atoms with E-state index in [1.165, 1.54) is 19.3 Å². The zero-order chi connectivity index (χ0) is 26.2. The van der Waals surface area contributed by atoms with Gasteiger partial charge in [-0.2, -0.15) is 13.2 Å². The van der Waals surface area contributed by atoms with Crippen LogP contribution in [0, 0.1) is 0 Å². The van der Waals surface area contributed by atoms with Crippen LogP contribution in [-0.2, 0) is 16.1 Å². The van der Waals surface area contributed by atoms with Crippen molar-refractivity contribution in [3.63, 3.8) is 0 Å². The third kappa shape index (κ3) is 5.21. The summed E-state index contributed by atoms with van der Waals surface area (Å²) in [5, 5.41) is 2.83. The van der Waals surface area contributed by atoms with E-state index in [1.54, 1.807) is 16.8 Å².